The first kappa shape index (κ1) is 22.4. The van der Waals surface area contributed by atoms with E-state index in [2.05, 4.69) is 5.32 Å². The second kappa shape index (κ2) is 8.46. The van der Waals surface area contributed by atoms with Crippen molar-refractivity contribution >= 4 is 11.8 Å². The fraction of sp³-hybridized carbons (Fsp3) is 0.333. The second-order valence-corrected chi connectivity index (χ2v) is 7.11. The van der Waals surface area contributed by atoms with E-state index in [0.717, 1.165) is 12.5 Å². The summed E-state index contributed by atoms with van der Waals surface area (Å²) < 4.78 is 51.8. The largest absolute Gasteiger partial charge is 0.493 e. The predicted molar refractivity (Wildman–Crippen MR) is 103 cm³/mol. The van der Waals surface area contributed by atoms with Crippen LogP contribution in [0.3, 0.4) is 0 Å². The zero-order chi connectivity index (χ0) is 22.8. The lowest BCUT2D eigenvalue weighted by Crippen LogP contribution is -2.72. The maximum absolute atomic E-state index is 13.6. The van der Waals surface area contributed by atoms with E-state index in [1.54, 1.807) is 0 Å². The average molecular weight is 438 g/mol. The van der Waals surface area contributed by atoms with Gasteiger partial charge in [-0.25, -0.2) is 4.79 Å². The number of amides is 2. The number of benzene rings is 2. The molecule has 1 fully saturated rings. The van der Waals surface area contributed by atoms with E-state index in [4.69, 9.17) is 9.47 Å². The van der Waals surface area contributed by atoms with Crippen molar-refractivity contribution in [2.45, 2.75) is 31.5 Å². The number of alkyl halides is 3. The monoisotopic (exact) mass is 438 g/mol. The molecule has 1 aliphatic rings. The number of methoxy groups -OCH3 is 1. The summed E-state index contributed by atoms with van der Waals surface area (Å²) in [5.74, 6) is -2.47. The molecule has 0 bridgehead atoms. The molecule has 31 heavy (non-hydrogen) atoms. The van der Waals surface area contributed by atoms with Crippen LogP contribution in [0.15, 0.2) is 48.5 Å². The summed E-state index contributed by atoms with van der Waals surface area (Å²) in [7, 11) is 1.35. The number of hydrogen-bond acceptors (Lipinski definition) is 5. The van der Waals surface area contributed by atoms with Gasteiger partial charge in [-0.1, -0.05) is 36.4 Å². The van der Waals surface area contributed by atoms with Gasteiger partial charge in [0.15, 0.2) is 11.5 Å². The number of rotatable bonds is 6. The molecule has 10 heteroatoms. The average Bonchev–Trinajstić information content (AvgIpc) is 2.71. The van der Waals surface area contributed by atoms with Gasteiger partial charge in [0.05, 0.1) is 19.1 Å². The Kier molecular flexibility index (Phi) is 6.12. The minimum atomic E-state index is -5.28. The van der Waals surface area contributed by atoms with E-state index in [0.29, 0.717) is 5.75 Å². The molecule has 0 aromatic heterocycles. The minimum Gasteiger partial charge on any atom is -0.493 e. The molecule has 3 N–H and O–H groups in total. The van der Waals surface area contributed by atoms with E-state index in [-0.39, 0.29) is 17.9 Å². The Balaban J connectivity index is 1.94. The molecule has 7 nitrogen and oxygen atoms in total. The molecule has 1 aliphatic heterocycles. The molecule has 0 unspecified atom stereocenters. The Morgan fingerprint density at radius 1 is 1.16 bits per heavy atom. The first-order valence-electron chi connectivity index (χ1n) is 9.29. The van der Waals surface area contributed by atoms with Crippen LogP contribution in [0.1, 0.15) is 24.1 Å². The first-order valence-corrected chi connectivity index (χ1v) is 9.29. The highest BCUT2D eigenvalue weighted by Crippen LogP contribution is 2.44. The molecule has 166 valence electrons. The summed E-state index contributed by atoms with van der Waals surface area (Å²) in [5, 5.41) is 14.0. The van der Waals surface area contributed by atoms with Gasteiger partial charge in [-0.3, -0.25) is 4.79 Å². The van der Waals surface area contributed by atoms with Crippen molar-refractivity contribution in [3.8, 4) is 11.5 Å². The van der Waals surface area contributed by atoms with Gasteiger partial charge in [0, 0.05) is 0 Å². The number of aliphatic hydroxyl groups is 1. The molecule has 0 saturated carbocycles. The quantitative estimate of drug-likeness (QED) is 0.644. The molecule has 1 heterocycles. The number of ketones is 1. The molecule has 2 aromatic carbocycles. The molecular formula is C21H21F3N2O5. The number of urea groups is 1. The van der Waals surface area contributed by atoms with Gasteiger partial charge in [-0.15, -0.1) is 0 Å². The van der Waals surface area contributed by atoms with Crippen molar-refractivity contribution in [2.24, 2.45) is 5.92 Å². The summed E-state index contributed by atoms with van der Waals surface area (Å²) >= 11 is 0. The molecular weight excluding hydrogens is 417 g/mol. The summed E-state index contributed by atoms with van der Waals surface area (Å²) in [4.78, 5) is 24.0. The van der Waals surface area contributed by atoms with Crippen LogP contribution in [0, 0.1) is 5.92 Å². The van der Waals surface area contributed by atoms with Crippen LogP contribution < -0.4 is 20.1 Å². The fourth-order valence-electron chi connectivity index (χ4n) is 3.54. The third-order valence-electron chi connectivity index (χ3n) is 5.03. The topological polar surface area (TPSA) is 96.9 Å². The standard InChI is InChI=1S/C21H21F3N2O5/c1-12(27)17-18(25-19(28)26-20(17,29)21(22,23)24)14-8-9-15(16(10-14)30-2)31-11-13-6-4-3-5-7-13/h3-10,17-18,29H,11H2,1-2H3,(H2,25,26,28)/t17-,18+,20+/m1/s1. The zero-order valence-electron chi connectivity index (χ0n) is 16.7. The van der Waals surface area contributed by atoms with Crippen LogP contribution in [0.5, 0.6) is 11.5 Å². The number of nitrogens with one attached hydrogen (secondary N) is 2. The van der Waals surface area contributed by atoms with Crippen LogP contribution in [-0.2, 0) is 11.4 Å². The predicted octanol–water partition coefficient (Wildman–Crippen LogP) is 3.08. The van der Waals surface area contributed by atoms with Crippen molar-refractivity contribution in [3.63, 3.8) is 0 Å². The van der Waals surface area contributed by atoms with Gasteiger partial charge < -0.3 is 25.2 Å². The van der Waals surface area contributed by atoms with Crippen LogP contribution in [0.2, 0.25) is 0 Å². The van der Waals surface area contributed by atoms with Gasteiger partial charge in [0.25, 0.3) is 0 Å². The molecule has 1 saturated heterocycles. The number of carbonyl (C=O) groups is 2. The van der Waals surface area contributed by atoms with Crippen molar-refractivity contribution in [1.82, 2.24) is 10.6 Å². The highest BCUT2D eigenvalue weighted by Gasteiger charge is 2.65. The van der Waals surface area contributed by atoms with Crippen LogP contribution in [-0.4, -0.2) is 35.9 Å². The fourth-order valence-corrected chi connectivity index (χ4v) is 3.54. The highest BCUT2D eigenvalue weighted by atomic mass is 19.4. The molecule has 0 radical (unpaired) electrons. The first-order chi connectivity index (χ1) is 14.6. The van der Waals surface area contributed by atoms with Crippen molar-refractivity contribution in [2.75, 3.05) is 7.11 Å². The smallest absolute Gasteiger partial charge is 0.437 e. The lowest BCUT2D eigenvalue weighted by Gasteiger charge is -2.44. The highest BCUT2D eigenvalue weighted by molar-refractivity contribution is 5.86. The molecule has 2 aromatic rings. The van der Waals surface area contributed by atoms with Crippen molar-refractivity contribution < 1.29 is 37.3 Å². The minimum absolute atomic E-state index is 0.140. The van der Waals surface area contributed by atoms with Gasteiger partial charge >= 0.3 is 12.2 Å². The maximum Gasteiger partial charge on any atom is 0.437 e. The van der Waals surface area contributed by atoms with Gasteiger partial charge in [-0.05, 0) is 30.2 Å². The van der Waals surface area contributed by atoms with Crippen LogP contribution in [0.25, 0.3) is 0 Å². The zero-order valence-corrected chi connectivity index (χ0v) is 16.7. The number of ether oxygens (including phenoxy) is 2. The van der Waals surface area contributed by atoms with Gasteiger partial charge in [-0.2, -0.15) is 13.2 Å². The molecule has 2 amide bonds. The Hall–Kier alpha value is -3.27. The number of halogens is 3. The van der Waals surface area contributed by atoms with E-state index in [1.165, 1.54) is 30.6 Å². The third-order valence-corrected chi connectivity index (χ3v) is 5.03. The molecule has 0 spiro atoms. The molecule has 3 atom stereocenters. The van der Waals surface area contributed by atoms with Crippen molar-refractivity contribution in [3.05, 3.63) is 59.7 Å². The van der Waals surface area contributed by atoms with E-state index in [1.807, 2.05) is 30.3 Å². The Morgan fingerprint density at radius 3 is 2.42 bits per heavy atom. The summed E-state index contributed by atoms with van der Waals surface area (Å²) in [6.45, 7) is 1.15. The lowest BCUT2D eigenvalue weighted by atomic mass is 9.79. The summed E-state index contributed by atoms with van der Waals surface area (Å²) in [6.07, 6.45) is -5.28. The number of hydrogen-bond donors (Lipinski definition) is 3. The maximum atomic E-state index is 13.6. The van der Waals surface area contributed by atoms with Gasteiger partial charge in [0.2, 0.25) is 5.72 Å². The number of Topliss-reactive ketones (excluding diaryl/α,β-unsaturated/α-hetero) is 1. The third kappa shape index (κ3) is 4.43. The van der Waals surface area contributed by atoms with Gasteiger partial charge in [0.1, 0.15) is 12.4 Å². The van der Waals surface area contributed by atoms with Crippen LogP contribution in [0.4, 0.5) is 18.0 Å². The van der Waals surface area contributed by atoms with Crippen LogP contribution >= 0.6 is 0 Å². The Morgan fingerprint density at radius 2 is 1.84 bits per heavy atom. The molecule has 0 aliphatic carbocycles. The van der Waals surface area contributed by atoms with E-state index >= 15 is 0 Å². The Labute approximate surface area is 176 Å². The lowest BCUT2D eigenvalue weighted by molar-refractivity contribution is -0.290. The summed E-state index contributed by atoms with van der Waals surface area (Å²) in [5.41, 5.74) is -2.69. The number of carbonyl (C=O) groups excluding carboxylic acids is 2. The normalized spacial score (nSPS) is 23.5. The summed E-state index contributed by atoms with van der Waals surface area (Å²) in [6, 6.07) is 10.8. The molecule has 3 rings (SSSR count). The SMILES string of the molecule is COc1cc([C@@H]2NC(=O)N[C@@](O)(C(F)(F)F)[C@@H]2C(C)=O)ccc1OCc1ccccc1. The van der Waals surface area contributed by atoms with E-state index < -0.39 is 35.7 Å². The van der Waals surface area contributed by atoms with E-state index in [9.17, 15) is 27.9 Å². The Bertz CT molecular complexity index is 967. The second-order valence-electron chi connectivity index (χ2n) is 7.11. The van der Waals surface area contributed by atoms with Crippen molar-refractivity contribution in [1.29, 1.82) is 0 Å².